The van der Waals surface area contributed by atoms with Gasteiger partial charge >= 0.3 is 5.97 Å². The largest absolute Gasteiger partial charge is 0.489 e. The molecule has 9 heteroatoms. The van der Waals surface area contributed by atoms with Crippen molar-refractivity contribution in [1.82, 2.24) is 0 Å². The Morgan fingerprint density at radius 1 is 1.12 bits per heavy atom. The summed E-state index contributed by atoms with van der Waals surface area (Å²) in [5.41, 5.74) is 1.83. The Balaban J connectivity index is 1.48. The molecule has 0 spiro atoms. The van der Waals surface area contributed by atoms with Crippen LogP contribution >= 0.6 is 27.5 Å². The average molecular weight is 514 g/mol. The molecule has 0 fully saturated rings. The van der Waals surface area contributed by atoms with Gasteiger partial charge in [-0.3, -0.25) is 10.1 Å². The molecule has 4 rings (SSSR count). The second-order valence-electron chi connectivity index (χ2n) is 6.75. The van der Waals surface area contributed by atoms with Crippen LogP contribution in [0, 0.1) is 10.1 Å². The van der Waals surface area contributed by atoms with E-state index in [4.69, 9.17) is 21.1 Å². The Bertz CT molecular complexity index is 1270. The van der Waals surface area contributed by atoms with Gasteiger partial charge in [-0.2, -0.15) is 0 Å². The van der Waals surface area contributed by atoms with Crippen molar-refractivity contribution in [3.05, 3.63) is 109 Å². The van der Waals surface area contributed by atoms with Crippen molar-refractivity contribution in [2.75, 3.05) is 0 Å². The van der Waals surface area contributed by atoms with E-state index in [9.17, 15) is 14.9 Å². The van der Waals surface area contributed by atoms with Crippen molar-refractivity contribution in [3.8, 4) is 5.75 Å². The summed E-state index contributed by atoms with van der Waals surface area (Å²) in [4.78, 5) is 26.9. The number of cyclic esters (lactones) is 1. The summed E-state index contributed by atoms with van der Waals surface area (Å²) in [5, 5.41) is 11.1. The van der Waals surface area contributed by atoms with Crippen molar-refractivity contribution >= 4 is 51.2 Å². The molecule has 0 saturated carbocycles. The number of hydrogen-bond donors (Lipinski definition) is 0. The lowest BCUT2D eigenvalue weighted by atomic mass is 10.2. The van der Waals surface area contributed by atoms with Gasteiger partial charge in [0.25, 0.3) is 5.69 Å². The molecule has 0 radical (unpaired) electrons. The van der Waals surface area contributed by atoms with Gasteiger partial charge in [-0.25, -0.2) is 9.79 Å². The van der Waals surface area contributed by atoms with Gasteiger partial charge in [0.05, 0.1) is 4.92 Å². The zero-order chi connectivity index (χ0) is 22.7. The molecule has 0 amide bonds. The van der Waals surface area contributed by atoms with Crippen LogP contribution in [-0.4, -0.2) is 16.8 Å². The quantitative estimate of drug-likeness (QED) is 0.176. The minimum atomic E-state index is -0.646. The number of nitro groups is 1. The lowest BCUT2D eigenvalue weighted by Crippen LogP contribution is -2.06. The summed E-state index contributed by atoms with van der Waals surface area (Å²) in [6.45, 7) is 0.424. The molecule has 1 heterocycles. The summed E-state index contributed by atoms with van der Waals surface area (Å²) in [5.74, 6) is 0.0152. The number of halogens is 2. The number of carbonyl (C=O) groups excluding carboxylic acids is 1. The first-order chi connectivity index (χ1) is 15.4. The van der Waals surface area contributed by atoms with Gasteiger partial charge in [-0.15, -0.1) is 0 Å². The SMILES string of the molecule is O=C1OC(c2ccc(Cl)c([N+](=O)[O-])c2)=N/C1=C\c1ccc(OCc2cccc(Br)c2)cc1. The van der Waals surface area contributed by atoms with Crippen LogP contribution in [-0.2, 0) is 16.1 Å². The lowest BCUT2D eigenvalue weighted by molar-refractivity contribution is -0.384. The van der Waals surface area contributed by atoms with Gasteiger partial charge in [-0.05, 0) is 53.6 Å². The van der Waals surface area contributed by atoms with Crippen molar-refractivity contribution < 1.29 is 19.2 Å². The molecule has 0 atom stereocenters. The number of rotatable bonds is 6. The number of benzene rings is 3. The number of nitro benzene ring substituents is 1. The summed E-state index contributed by atoms with van der Waals surface area (Å²) in [6.07, 6.45) is 1.57. The molecule has 160 valence electrons. The first kappa shape index (κ1) is 21.7. The summed E-state index contributed by atoms with van der Waals surface area (Å²) in [7, 11) is 0. The molecule has 3 aromatic carbocycles. The molecule has 0 bridgehead atoms. The number of esters is 1. The van der Waals surface area contributed by atoms with Crippen LogP contribution in [0.4, 0.5) is 5.69 Å². The third kappa shape index (κ3) is 5.04. The average Bonchev–Trinajstić information content (AvgIpc) is 3.13. The van der Waals surface area contributed by atoms with Crippen LogP contribution in [0.15, 0.2) is 81.9 Å². The molecule has 0 aliphatic carbocycles. The number of hydrogen-bond acceptors (Lipinski definition) is 6. The van der Waals surface area contributed by atoms with Crippen LogP contribution < -0.4 is 4.74 Å². The van der Waals surface area contributed by atoms with E-state index in [1.165, 1.54) is 18.2 Å². The van der Waals surface area contributed by atoms with Gasteiger partial charge in [0, 0.05) is 16.1 Å². The van der Waals surface area contributed by atoms with Crippen molar-refractivity contribution in [1.29, 1.82) is 0 Å². The van der Waals surface area contributed by atoms with Gasteiger partial charge in [0.15, 0.2) is 5.70 Å². The smallest absolute Gasteiger partial charge is 0.363 e. The fraction of sp³-hybridized carbons (Fsp3) is 0.0435. The van der Waals surface area contributed by atoms with Gasteiger partial charge < -0.3 is 9.47 Å². The standard InChI is InChI=1S/C23H14BrClN2O5/c24-17-3-1-2-15(10-17)13-31-18-7-4-14(5-8-18)11-20-23(28)32-22(26-20)16-6-9-19(25)21(12-16)27(29)30/h1-12H,13H2/b20-11-. The van der Waals surface area contributed by atoms with Crippen LogP contribution in [0.3, 0.4) is 0 Å². The normalized spacial score (nSPS) is 14.2. The van der Waals surface area contributed by atoms with E-state index in [1.807, 2.05) is 24.3 Å². The van der Waals surface area contributed by atoms with E-state index in [0.717, 1.165) is 15.6 Å². The Labute approximate surface area is 196 Å². The maximum Gasteiger partial charge on any atom is 0.363 e. The zero-order valence-corrected chi connectivity index (χ0v) is 18.7. The topological polar surface area (TPSA) is 91.0 Å². The van der Waals surface area contributed by atoms with E-state index in [1.54, 1.807) is 30.3 Å². The van der Waals surface area contributed by atoms with Crippen molar-refractivity contribution in [2.45, 2.75) is 6.61 Å². The zero-order valence-electron chi connectivity index (χ0n) is 16.3. The van der Waals surface area contributed by atoms with Crippen molar-refractivity contribution in [2.24, 2.45) is 4.99 Å². The molecule has 0 N–H and O–H groups in total. The van der Waals surface area contributed by atoms with E-state index in [2.05, 4.69) is 20.9 Å². The number of aliphatic imine (C=N–C) groups is 1. The Morgan fingerprint density at radius 3 is 2.62 bits per heavy atom. The highest BCUT2D eigenvalue weighted by Crippen LogP contribution is 2.28. The van der Waals surface area contributed by atoms with Gasteiger partial charge in [0.2, 0.25) is 5.90 Å². The summed E-state index contributed by atoms with van der Waals surface area (Å²) < 4.78 is 11.9. The van der Waals surface area contributed by atoms with E-state index < -0.39 is 10.9 Å². The highest BCUT2D eigenvalue weighted by molar-refractivity contribution is 9.10. The van der Waals surface area contributed by atoms with E-state index in [0.29, 0.717) is 12.4 Å². The molecule has 0 saturated heterocycles. The van der Waals surface area contributed by atoms with Crippen LogP contribution in [0.1, 0.15) is 16.7 Å². The molecule has 1 aliphatic heterocycles. The molecule has 0 unspecified atom stereocenters. The first-order valence-corrected chi connectivity index (χ1v) is 10.5. The summed E-state index contributed by atoms with van der Waals surface area (Å²) >= 11 is 9.26. The molecular formula is C23H14BrClN2O5. The number of carbonyl (C=O) groups is 1. The van der Waals surface area contributed by atoms with Gasteiger partial charge in [-0.1, -0.05) is 51.8 Å². The Kier molecular flexibility index (Phi) is 6.34. The monoisotopic (exact) mass is 512 g/mol. The molecule has 1 aliphatic rings. The minimum Gasteiger partial charge on any atom is -0.489 e. The molecular weight excluding hydrogens is 500 g/mol. The predicted molar refractivity (Wildman–Crippen MR) is 124 cm³/mol. The molecule has 0 aromatic heterocycles. The third-order valence-electron chi connectivity index (χ3n) is 4.49. The fourth-order valence-electron chi connectivity index (χ4n) is 2.93. The third-order valence-corrected chi connectivity index (χ3v) is 5.30. The minimum absolute atomic E-state index is 0.0124. The fourth-order valence-corrected chi connectivity index (χ4v) is 3.56. The molecule has 32 heavy (non-hydrogen) atoms. The van der Waals surface area contributed by atoms with Crippen LogP contribution in [0.2, 0.25) is 5.02 Å². The van der Waals surface area contributed by atoms with Crippen molar-refractivity contribution in [3.63, 3.8) is 0 Å². The van der Waals surface area contributed by atoms with Crippen LogP contribution in [0.5, 0.6) is 5.75 Å². The number of ether oxygens (including phenoxy) is 2. The lowest BCUT2D eigenvalue weighted by Gasteiger charge is -2.07. The van der Waals surface area contributed by atoms with Gasteiger partial charge in [0.1, 0.15) is 17.4 Å². The Morgan fingerprint density at radius 2 is 1.91 bits per heavy atom. The predicted octanol–water partition coefficient (Wildman–Crippen LogP) is 5.93. The van der Waals surface area contributed by atoms with E-state index >= 15 is 0 Å². The second kappa shape index (κ2) is 9.33. The summed E-state index contributed by atoms with van der Waals surface area (Å²) in [6, 6.07) is 19.1. The van der Waals surface area contributed by atoms with Crippen LogP contribution in [0.25, 0.3) is 6.08 Å². The van der Waals surface area contributed by atoms with E-state index in [-0.39, 0.29) is 27.9 Å². The molecule has 7 nitrogen and oxygen atoms in total. The second-order valence-corrected chi connectivity index (χ2v) is 8.07. The highest BCUT2D eigenvalue weighted by Gasteiger charge is 2.26. The maximum atomic E-state index is 12.2. The first-order valence-electron chi connectivity index (χ1n) is 9.33. The highest BCUT2D eigenvalue weighted by atomic mass is 79.9. The molecule has 3 aromatic rings. The Hall–Kier alpha value is -3.49. The maximum absolute atomic E-state index is 12.2. The number of nitrogens with zero attached hydrogens (tertiary/aromatic N) is 2.